The predicted molar refractivity (Wildman–Crippen MR) is 211 cm³/mol. The van der Waals surface area contributed by atoms with Crippen LogP contribution in [0.3, 0.4) is 0 Å². The number of aromatic nitrogens is 2. The highest BCUT2D eigenvalue weighted by atomic mass is 32.1. The topological polar surface area (TPSA) is 38.9 Å². The minimum absolute atomic E-state index is 0.482. The summed E-state index contributed by atoms with van der Waals surface area (Å²) in [6, 6.07) is 61.5. The first-order valence-electron chi connectivity index (χ1n) is 17.7. The fourth-order valence-electron chi connectivity index (χ4n) is 9.67. The molecule has 52 heavy (non-hydrogen) atoms. The Bertz CT molecular complexity index is 2980. The van der Waals surface area contributed by atoms with Gasteiger partial charge in [0, 0.05) is 31.8 Å². The van der Waals surface area contributed by atoms with Crippen molar-refractivity contribution in [1.29, 1.82) is 0 Å². The molecule has 7 aromatic carbocycles. The number of fused-ring (bicyclic) bond motifs is 6. The molecule has 3 heterocycles. The summed E-state index contributed by atoms with van der Waals surface area (Å²) in [5.41, 5.74) is 11.3. The van der Waals surface area contributed by atoms with Crippen LogP contribution in [0.5, 0.6) is 0 Å². The molecule has 0 aliphatic heterocycles. The van der Waals surface area contributed by atoms with Crippen LogP contribution in [-0.2, 0) is 10.8 Å². The highest BCUT2D eigenvalue weighted by molar-refractivity contribution is 7.25. The molecule has 13 rings (SSSR count). The minimum Gasteiger partial charge on any atom is -0.456 e. The average molecular weight is 681 g/mol. The highest BCUT2D eigenvalue weighted by Crippen LogP contribution is 2.65. The van der Waals surface area contributed by atoms with Crippen molar-refractivity contribution in [3.05, 3.63) is 215 Å². The van der Waals surface area contributed by atoms with E-state index in [0.717, 1.165) is 49.2 Å². The standard InChI is InChI=1S/C48H28N2OS/c1-2-14-30(15-3-1)47-34-18-6-9-21-37(34)48(38-22-10-7-19-35(38)47,39-23-11-8-20-36(39)47)46-49-44(43-33-17-5-13-25-42(33)52-45(43)50-46)29-26-27-32-31-16-4-12-24-40(31)51-41(32)28-29/h1-28H. The summed E-state index contributed by atoms with van der Waals surface area (Å²) in [5, 5.41) is 4.47. The maximum atomic E-state index is 6.44. The van der Waals surface area contributed by atoms with Crippen LogP contribution in [-0.4, -0.2) is 9.97 Å². The van der Waals surface area contributed by atoms with Gasteiger partial charge in [0.2, 0.25) is 0 Å². The van der Waals surface area contributed by atoms with Crippen molar-refractivity contribution < 1.29 is 4.42 Å². The van der Waals surface area contributed by atoms with E-state index in [1.807, 2.05) is 12.1 Å². The van der Waals surface area contributed by atoms with Crippen LogP contribution >= 0.6 is 11.3 Å². The van der Waals surface area contributed by atoms with Gasteiger partial charge in [0.25, 0.3) is 0 Å². The monoisotopic (exact) mass is 680 g/mol. The van der Waals surface area contributed by atoms with Gasteiger partial charge in [-0.05, 0) is 63.2 Å². The SMILES string of the molecule is c1ccc(C23c4ccccc4C(c4nc(-c5ccc6c(c5)oc5ccccc56)c5c(n4)sc4ccccc45)(c4ccccc42)c2ccccc23)cc1. The van der Waals surface area contributed by atoms with E-state index < -0.39 is 10.8 Å². The second kappa shape index (κ2) is 10.1. The van der Waals surface area contributed by atoms with Crippen molar-refractivity contribution in [1.82, 2.24) is 9.97 Å². The Morgan fingerprint density at radius 3 is 1.65 bits per heavy atom. The number of hydrogen-bond acceptors (Lipinski definition) is 4. The molecule has 4 heteroatoms. The van der Waals surface area contributed by atoms with Crippen molar-refractivity contribution in [3.8, 4) is 11.3 Å². The molecule has 0 saturated heterocycles. The lowest BCUT2D eigenvalue weighted by Gasteiger charge is -2.56. The van der Waals surface area contributed by atoms with Gasteiger partial charge in [0.1, 0.15) is 27.2 Å². The van der Waals surface area contributed by atoms with Crippen molar-refractivity contribution in [2.75, 3.05) is 0 Å². The molecule has 2 bridgehead atoms. The lowest BCUT2D eigenvalue weighted by atomic mass is 9.45. The molecule has 3 aliphatic carbocycles. The summed E-state index contributed by atoms with van der Waals surface area (Å²) in [5.74, 6) is 0.792. The van der Waals surface area contributed by atoms with Crippen LogP contribution in [0.4, 0.5) is 0 Å². The van der Waals surface area contributed by atoms with Crippen LogP contribution in [0.25, 0.3) is 53.5 Å². The van der Waals surface area contributed by atoms with Crippen molar-refractivity contribution in [3.63, 3.8) is 0 Å². The zero-order chi connectivity index (χ0) is 34.0. The number of furan rings is 1. The summed E-state index contributed by atoms with van der Waals surface area (Å²) in [6.07, 6.45) is 0. The summed E-state index contributed by atoms with van der Waals surface area (Å²) in [6.45, 7) is 0. The molecule has 0 N–H and O–H groups in total. The van der Waals surface area contributed by atoms with E-state index in [9.17, 15) is 0 Å². The third-order valence-corrected chi connectivity index (χ3v) is 12.7. The average Bonchev–Trinajstić information content (AvgIpc) is 3.78. The number of para-hydroxylation sites is 1. The maximum absolute atomic E-state index is 6.44. The first-order chi connectivity index (χ1) is 25.8. The third-order valence-electron chi connectivity index (χ3n) is 11.6. The normalized spacial score (nSPS) is 18.5. The van der Waals surface area contributed by atoms with Crippen molar-refractivity contribution >= 4 is 53.6 Å². The highest BCUT2D eigenvalue weighted by Gasteiger charge is 2.61. The molecule has 0 amide bonds. The quantitative estimate of drug-likeness (QED) is 0.186. The molecule has 0 spiro atoms. The zero-order valence-electron chi connectivity index (χ0n) is 27.9. The fraction of sp³-hybridized carbons (Fsp3) is 0.0417. The van der Waals surface area contributed by atoms with Gasteiger partial charge < -0.3 is 4.42 Å². The van der Waals surface area contributed by atoms with Gasteiger partial charge in [-0.2, -0.15) is 0 Å². The zero-order valence-corrected chi connectivity index (χ0v) is 28.7. The van der Waals surface area contributed by atoms with E-state index in [-0.39, 0.29) is 0 Å². The van der Waals surface area contributed by atoms with Crippen LogP contribution in [0, 0.1) is 0 Å². The molecule has 0 radical (unpaired) electrons. The van der Waals surface area contributed by atoms with E-state index in [2.05, 4.69) is 158 Å². The van der Waals surface area contributed by atoms with Gasteiger partial charge in [-0.25, -0.2) is 9.97 Å². The van der Waals surface area contributed by atoms with Crippen LogP contribution in [0.2, 0.25) is 0 Å². The van der Waals surface area contributed by atoms with Gasteiger partial charge in [0.15, 0.2) is 0 Å². The number of rotatable bonds is 3. The Labute approximate surface area is 303 Å². The lowest BCUT2D eigenvalue weighted by Crippen LogP contribution is -2.52. The van der Waals surface area contributed by atoms with Crippen molar-refractivity contribution in [2.45, 2.75) is 10.8 Å². The van der Waals surface area contributed by atoms with E-state index in [1.165, 1.54) is 49.0 Å². The van der Waals surface area contributed by atoms with Gasteiger partial charge in [-0.1, -0.05) is 146 Å². The van der Waals surface area contributed by atoms with Gasteiger partial charge in [-0.15, -0.1) is 11.3 Å². The van der Waals surface area contributed by atoms with E-state index in [1.54, 1.807) is 11.3 Å². The van der Waals surface area contributed by atoms with Gasteiger partial charge in [0.05, 0.1) is 11.1 Å². The lowest BCUT2D eigenvalue weighted by molar-refractivity contribution is 0.538. The molecular formula is C48H28N2OS. The second-order valence-electron chi connectivity index (χ2n) is 14.0. The first kappa shape index (κ1) is 28.3. The molecule has 242 valence electrons. The third kappa shape index (κ3) is 3.36. The molecule has 0 atom stereocenters. The van der Waals surface area contributed by atoms with Crippen LogP contribution < -0.4 is 0 Å². The second-order valence-corrected chi connectivity index (χ2v) is 15.0. The number of nitrogens with zero attached hydrogens (tertiary/aromatic N) is 2. The van der Waals surface area contributed by atoms with Crippen LogP contribution in [0.15, 0.2) is 174 Å². The Balaban J connectivity index is 1.24. The van der Waals surface area contributed by atoms with E-state index >= 15 is 0 Å². The van der Waals surface area contributed by atoms with E-state index in [0.29, 0.717) is 0 Å². The summed E-state index contributed by atoms with van der Waals surface area (Å²) < 4.78 is 7.64. The number of benzene rings is 7. The molecule has 0 saturated carbocycles. The minimum atomic E-state index is -0.747. The Kier molecular flexibility index (Phi) is 5.52. The molecule has 0 unspecified atom stereocenters. The molecule has 3 aliphatic rings. The summed E-state index contributed by atoms with van der Waals surface area (Å²) in [4.78, 5) is 12.4. The van der Waals surface area contributed by atoms with Crippen molar-refractivity contribution in [2.24, 2.45) is 0 Å². The predicted octanol–water partition coefficient (Wildman–Crippen LogP) is 11.8. The number of thiophene rings is 1. The molecular weight excluding hydrogens is 653 g/mol. The van der Waals surface area contributed by atoms with Crippen LogP contribution in [0.1, 0.15) is 44.8 Å². The Hall–Kier alpha value is -6.36. The molecule has 3 aromatic heterocycles. The largest absolute Gasteiger partial charge is 0.456 e. The number of hydrogen-bond donors (Lipinski definition) is 0. The Morgan fingerprint density at radius 1 is 0.442 bits per heavy atom. The summed E-state index contributed by atoms with van der Waals surface area (Å²) >= 11 is 1.74. The fourth-order valence-corrected chi connectivity index (χ4v) is 10.7. The van der Waals surface area contributed by atoms with Gasteiger partial charge in [-0.3, -0.25) is 0 Å². The molecule has 0 fully saturated rings. The maximum Gasteiger partial charge on any atom is 0.150 e. The molecule has 10 aromatic rings. The molecule has 3 nitrogen and oxygen atoms in total. The summed E-state index contributed by atoms with van der Waals surface area (Å²) in [7, 11) is 0. The smallest absolute Gasteiger partial charge is 0.150 e. The Morgan fingerprint density at radius 2 is 0.981 bits per heavy atom. The van der Waals surface area contributed by atoms with E-state index in [4.69, 9.17) is 14.4 Å². The first-order valence-corrected chi connectivity index (χ1v) is 18.6. The van der Waals surface area contributed by atoms with Gasteiger partial charge >= 0.3 is 0 Å².